The molecule has 1 N–H and O–H groups in total. The number of hydrogen-bond acceptors (Lipinski definition) is 9. The van der Waals surface area contributed by atoms with Crippen LogP contribution in [0.2, 0.25) is 0 Å². The average molecular weight is 460 g/mol. The van der Waals surface area contributed by atoms with Crippen LogP contribution in [0, 0.1) is 0 Å². The molecule has 0 spiro atoms. The fourth-order valence-corrected chi connectivity index (χ4v) is 5.54. The van der Waals surface area contributed by atoms with Crippen LogP contribution in [0.25, 0.3) is 11.1 Å². The first-order valence-corrected chi connectivity index (χ1v) is 12.0. The van der Waals surface area contributed by atoms with Crippen molar-refractivity contribution in [3.63, 3.8) is 0 Å². The van der Waals surface area contributed by atoms with Gasteiger partial charge in [-0.15, -0.1) is 10.2 Å². The second-order valence-corrected chi connectivity index (χ2v) is 10.0. The third kappa shape index (κ3) is 3.96. The number of benzene rings is 1. The lowest BCUT2D eigenvalue weighted by molar-refractivity contribution is 0.312. The van der Waals surface area contributed by atoms with E-state index in [0.717, 1.165) is 37.8 Å². The van der Waals surface area contributed by atoms with Crippen molar-refractivity contribution < 1.29 is 12.8 Å². The molecule has 4 heterocycles. The molecule has 170 valence electrons. The topological polar surface area (TPSA) is 119 Å². The molecule has 0 unspecified atom stereocenters. The number of nitrogens with one attached hydrogen (secondary N) is 1. The molecule has 2 saturated heterocycles. The largest absolute Gasteiger partial charge is 0.417 e. The van der Waals surface area contributed by atoms with E-state index in [-0.39, 0.29) is 4.90 Å². The minimum absolute atomic E-state index is 0.131. The number of rotatable bonds is 4. The van der Waals surface area contributed by atoms with Crippen LogP contribution < -0.4 is 15.6 Å². The summed E-state index contributed by atoms with van der Waals surface area (Å²) in [6.45, 7) is 5.58. The van der Waals surface area contributed by atoms with E-state index in [1.807, 2.05) is 17.0 Å². The molecule has 2 aromatic heterocycles. The van der Waals surface area contributed by atoms with Crippen LogP contribution in [0.4, 0.5) is 11.6 Å². The van der Waals surface area contributed by atoms with E-state index in [9.17, 15) is 13.2 Å². The minimum Gasteiger partial charge on any atom is -0.408 e. The molecule has 5 rings (SSSR count). The summed E-state index contributed by atoms with van der Waals surface area (Å²) in [5.41, 5.74) is 0.697. The number of piperazine rings is 2. The molecule has 0 aliphatic carbocycles. The zero-order chi connectivity index (χ0) is 22.3. The third-order valence-electron chi connectivity index (χ3n) is 6.05. The van der Waals surface area contributed by atoms with Gasteiger partial charge in [0.15, 0.2) is 17.2 Å². The average Bonchev–Trinajstić information content (AvgIpc) is 3.19. The van der Waals surface area contributed by atoms with Crippen LogP contribution in [0.5, 0.6) is 0 Å². The maximum atomic E-state index is 13.1. The van der Waals surface area contributed by atoms with Gasteiger partial charge in [-0.25, -0.2) is 13.2 Å². The van der Waals surface area contributed by atoms with E-state index >= 15 is 0 Å². The fraction of sp³-hybridized carbons (Fsp3) is 0.450. The van der Waals surface area contributed by atoms with Gasteiger partial charge in [0.1, 0.15) is 0 Å². The Labute approximate surface area is 185 Å². The van der Waals surface area contributed by atoms with E-state index in [4.69, 9.17) is 4.42 Å². The highest BCUT2D eigenvalue weighted by Gasteiger charge is 2.29. The number of likely N-dealkylation sites (N-methyl/N-ethyl adjacent to an activating group) is 1. The highest BCUT2D eigenvalue weighted by Crippen LogP contribution is 2.23. The molecule has 1 aromatic carbocycles. The number of hydrogen-bond donors (Lipinski definition) is 1. The number of oxazole rings is 1. The summed E-state index contributed by atoms with van der Waals surface area (Å²) in [5, 5.41) is 8.78. The zero-order valence-electron chi connectivity index (χ0n) is 17.8. The van der Waals surface area contributed by atoms with E-state index in [1.54, 1.807) is 0 Å². The SMILES string of the molecule is CN1CCN(c2ccc(N3CCN(S(=O)(=O)c4ccc5oc(=O)[nH]c5c4)CC3)nn2)CC1. The maximum Gasteiger partial charge on any atom is 0.417 e. The molecule has 2 aliphatic rings. The van der Waals surface area contributed by atoms with E-state index in [1.165, 1.54) is 22.5 Å². The Morgan fingerprint density at radius 3 is 2.06 bits per heavy atom. The number of aromatic nitrogens is 3. The third-order valence-corrected chi connectivity index (χ3v) is 7.95. The summed E-state index contributed by atoms with van der Waals surface area (Å²) in [4.78, 5) is 20.5. The molecular formula is C20H25N7O4S. The van der Waals surface area contributed by atoms with Crippen molar-refractivity contribution in [2.75, 3.05) is 69.2 Å². The number of fused-ring (bicyclic) bond motifs is 1. The Hall–Kier alpha value is -2.96. The number of aromatic amines is 1. The van der Waals surface area contributed by atoms with Crippen LogP contribution >= 0.6 is 0 Å². The van der Waals surface area contributed by atoms with Crippen molar-refractivity contribution in [2.45, 2.75) is 4.90 Å². The van der Waals surface area contributed by atoms with Gasteiger partial charge in [0.2, 0.25) is 10.0 Å². The maximum absolute atomic E-state index is 13.1. The molecule has 12 heteroatoms. The Balaban J connectivity index is 1.24. The second-order valence-electron chi connectivity index (χ2n) is 8.10. The lowest BCUT2D eigenvalue weighted by Crippen LogP contribution is -2.49. The molecule has 0 radical (unpaired) electrons. The zero-order valence-corrected chi connectivity index (χ0v) is 18.6. The first-order chi connectivity index (χ1) is 15.4. The molecule has 0 amide bonds. The summed E-state index contributed by atoms with van der Waals surface area (Å²) >= 11 is 0. The monoisotopic (exact) mass is 459 g/mol. The van der Waals surface area contributed by atoms with E-state index in [0.29, 0.717) is 37.3 Å². The molecule has 2 aliphatic heterocycles. The Morgan fingerprint density at radius 1 is 0.875 bits per heavy atom. The summed E-state index contributed by atoms with van der Waals surface area (Å²) in [5.74, 6) is 1.01. The van der Waals surface area contributed by atoms with Gasteiger partial charge >= 0.3 is 5.76 Å². The Kier molecular flexibility index (Phi) is 5.35. The Morgan fingerprint density at radius 2 is 1.47 bits per heavy atom. The summed E-state index contributed by atoms with van der Waals surface area (Å²) in [7, 11) is -1.57. The van der Waals surface area contributed by atoms with Crippen LogP contribution in [0.1, 0.15) is 0 Å². The molecule has 3 aromatic rings. The lowest BCUT2D eigenvalue weighted by atomic mass is 10.3. The summed E-state index contributed by atoms with van der Waals surface area (Å²) in [6.07, 6.45) is 0. The van der Waals surface area contributed by atoms with Crippen LogP contribution in [-0.4, -0.2) is 92.2 Å². The smallest absolute Gasteiger partial charge is 0.408 e. The van der Waals surface area contributed by atoms with Crippen molar-refractivity contribution in [1.82, 2.24) is 24.4 Å². The number of anilines is 2. The highest BCUT2D eigenvalue weighted by atomic mass is 32.2. The molecule has 32 heavy (non-hydrogen) atoms. The predicted molar refractivity (Wildman–Crippen MR) is 120 cm³/mol. The summed E-state index contributed by atoms with van der Waals surface area (Å²) in [6, 6.07) is 8.33. The van der Waals surface area contributed by atoms with Gasteiger partial charge in [0.25, 0.3) is 0 Å². The molecular weight excluding hydrogens is 434 g/mol. The number of nitrogens with zero attached hydrogens (tertiary/aromatic N) is 6. The molecule has 2 fully saturated rings. The van der Waals surface area contributed by atoms with Gasteiger partial charge in [0, 0.05) is 52.4 Å². The first-order valence-electron chi connectivity index (χ1n) is 10.6. The van der Waals surface area contributed by atoms with Crippen LogP contribution in [0.15, 0.2) is 44.4 Å². The van der Waals surface area contributed by atoms with Gasteiger partial charge in [-0.1, -0.05) is 0 Å². The Bertz CT molecular complexity index is 1260. The van der Waals surface area contributed by atoms with Gasteiger partial charge in [-0.3, -0.25) is 4.98 Å². The van der Waals surface area contributed by atoms with Crippen molar-refractivity contribution in [3.8, 4) is 0 Å². The van der Waals surface area contributed by atoms with Gasteiger partial charge in [-0.05, 0) is 37.4 Å². The van der Waals surface area contributed by atoms with Gasteiger partial charge < -0.3 is 19.1 Å². The van der Waals surface area contributed by atoms with Gasteiger partial charge in [-0.2, -0.15) is 4.31 Å². The molecule has 0 saturated carbocycles. The molecule has 0 bridgehead atoms. The van der Waals surface area contributed by atoms with Crippen LogP contribution in [0.3, 0.4) is 0 Å². The highest BCUT2D eigenvalue weighted by molar-refractivity contribution is 7.89. The predicted octanol–water partition coefficient (Wildman–Crippen LogP) is 0.174. The van der Waals surface area contributed by atoms with E-state index in [2.05, 4.69) is 32.0 Å². The quantitative estimate of drug-likeness (QED) is 0.582. The fourth-order valence-electron chi connectivity index (χ4n) is 4.09. The van der Waals surface area contributed by atoms with E-state index < -0.39 is 15.8 Å². The number of H-pyrrole nitrogens is 1. The van der Waals surface area contributed by atoms with Crippen molar-refractivity contribution in [2.24, 2.45) is 0 Å². The second kappa shape index (κ2) is 8.19. The summed E-state index contributed by atoms with van der Waals surface area (Å²) < 4.78 is 32.5. The van der Waals surface area contributed by atoms with Crippen molar-refractivity contribution in [1.29, 1.82) is 0 Å². The lowest BCUT2D eigenvalue weighted by Gasteiger charge is -2.35. The number of sulfonamides is 1. The van der Waals surface area contributed by atoms with Crippen molar-refractivity contribution in [3.05, 3.63) is 40.9 Å². The minimum atomic E-state index is -3.68. The van der Waals surface area contributed by atoms with Crippen molar-refractivity contribution >= 4 is 32.8 Å². The standard InChI is InChI=1S/C20H25N7O4S/c1-24-6-8-25(9-7-24)18-4-5-19(23-22-18)26-10-12-27(13-11-26)32(29,30)15-2-3-17-16(14-15)21-20(28)31-17/h2-5,14H,6-13H2,1H3,(H,21,28). The molecule has 11 nitrogen and oxygen atoms in total. The van der Waals surface area contributed by atoms with Gasteiger partial charge in [0.05, 0.1) is 10.4 Å². The first kappa shape index (κ1) is 20.9. The molecule has 0 atom stereocenters. The normalized spacial score (nSPS) is 19.0. The van der Waals surface area contributed by atoms with Crippen LogP contribution in [-0.2, 0) is 10.0 Å².